The van der Waals surface area contributed by atoms with Gasteiger partial charge >= 0.3 is 0 Å². The Bertz CT molecular complexity index is 971. The van der Waals surface area contributed by atoms with Gasteiger partial charge in [0.1, 0.15) is 0 Å². The highest BCUT2D eigenvalue weighted by Crippen LogP contribution is 2.43. The molecule has 1 saturated heterocycles. The van der Waals surface area contributed by atoms with E-state index in [1.54, 1.807) is 62.4 Å². The summed E-state index contributed by atoms with van der Waals surface area (Å²) in [5, 5.41) is 0.495. The Morgan fingerprint density at radius 2 is 1.72 bits per heavy atom. The van der Waals surface area contributed by atoms with Gasteiger partial charge < -0.3 is 24.0 Å². The van der Waals surface area contributed by atoms with Gasteiger partial charge in [0.05, 0.1) is 27.2 Å². The van der Waals surface area contributed by atoms with Gasteiger partial charge in [0, 0.05) is 43.2 Å². The highest BCUT2D eigenvalue weighted by atomic mass is 35.5. The molecule has 0 spiro atoms. The molecule has 1 heterocycles. The molecule has 32 heavy (non-hydrogen) atoms. The summed E-state index contributed by atoms with van der Waals surface area (Å²) in [6.07, 6.45) is 0. The molecule has 0 aromatic heterocycles. The number of hydrogen-bond acceptors (Lipinski definition) is 5. The summed E-state index contributed by atoms with van der Waals surface area (Å²) >= 11 is 6.08. The van der Waals surface area contributed by atoms with Crippen LogP contribution in [0.15, 0.2) is 36.4 Å². The molecule has 2 atom stereocenters. The lowest BCUT2D eigenvalue weighted by Gasteiger charge is -2.24. The van der Waals surface area contributed by atoms with Crippen molar-refractivity contribution in [2.24, 2.45) is 5.92 Å². The van der Waals surface area contributed by atoms with Crippen molar-refractivity contribution in [2.75, 3.05) is 48.0 Å². The van der Waals surface area contributed by atoms with Crippen molar-refractivity contribution in [3.63, 3.8) is 0 Å². The molecule has 0 aliphatic carbocycles. The number of hydrogen-bond donors (Lipinski definition) is 0. The van der Waals surface area contributed by atoms with Gasteiger partial charge in [0.25, 0.3) is 5.91 Å². The molecular weight excluding hydrogens is 432 g/mol. The van der Waals surface area contributed by atoms with Gasteiger partial charge in [-0.15, -0.1) is 0 Å². The number of benzene rings is 2. The molecule has 0 bridgehead atoms. The Labute approximate surface area is 193 Å². The fourth-order valence-corrected chi connectivity index (χ4v) is 4.31. The molecule has 2 amide bonds. The second-order valence-electron chi connectivity index (χ2n) is 7.74. The van der Waals surface area contributed by atoms with Crippen LogP contribution in [0.5, 0.6) is 17.2 Å². The van der Waals surface area contributed by atoms with E-state index in [-0.39, 0.29) is 17.7 Å². The number of nitrogens with zero attached hydrogens (tertiary/aromatic N) is 2. The zero-order chi connectivity index (χ0) is 23.4. The third-order valence-electron chi connectivity index (χ3n) is 5.96. The van der Waals surface area contributed by atoms with Gasteiger partial charge in [0.15, 0.2) is 11.5 Å². The maximum absolute atomic E-state index is 13.2. The number of halogens is 1. The van der Waals surface area contributed by atoms with Crippen LogP contribution < -0.4 is 14.2 Å². The predicted octanol–water partition coefficient (Wildman–Crippen LogP) is 3.70. The summed E-state index contributed by atoms with van der Waals surface area (Å²) in [6.45, 7) is 3.21. The molecule has 2 aromatic carbocycles. The molecule has 0 radical (unpaired) electrons. The van der Waals surface area contributed by atoms with Crippen molar-refractivity contribution in [2.45, 2.75) is 12.8 Å². The molecule has 1 aliphatic heterocycles. The fraction of sp³-hybridized carbons (Fsp3) is 0.417. The lowest BCUT2D eigenvalue weighted by Crippen LogP contribution is -2.36. The molecular formula is C24H29ClN2O5. The maximum atomic E-state index is 13.2. The number of carbonyl (C=O) groups is 2. The van der Waals surface area contributed by atoms with E-state index in [9.17, 15) is 9.59 Å². The van der Waals surface area contributed by atoms with Crippen molar-refractivity contribution >= 4 is 23.4 Å². The first-order valence-electron chi connectivity index (χ1n) is 10.4. The molecule has 172 valence electrons. The van der Waals surface area contributed by atoms with Gasteiger partial charge in [-0.05, 0) is 42.8 Å². The van der Waals surface area contributed by atoms with Crippen LogP contribution in [0.2, 0.25) is 5.02 Å². The van der Waals surface area contributed by atoms with Crippen molar-refractivity contribution in [3.05, 3.63) is 52.5 Å². The molecule has 7 nitrogen and oxygen atoms in total. The molecule has 1 fully saturated rings. The topological polar surface area (TPSA) is 68.3 Å². The SMILES string of the molecule is CCN(C)C(=O)C1CN(C(=O)c2cccc(Cl)c2)CC1c1cc(OC)c(OC)c(OC)c1. The third-order valence-corrected chi connectivity index (χ3v) is 6.20. The first-order chi connectivity index (χ1) is 15.3. The molecule has 0 N–H and O–H groups in total. The molecule has 0 saturated carbocycles. The van der Waals surface area contributed by atoms with E-state index in [1.807, 2.05) is 19.1 Å². The van der Waals surface area contributed by atoms with E-state index < -0.39 is 5.92 Å². The summed E-state index contributed by atoms with van der Waals surface area (Å²) in [6, 6.07) is 10.6. The summed E-state index contributed by atoms with van der Waals surface area (Å²) in [5.41, 5.74) is 1.35. The van der Waals surface area contributed by atoms with E-state index in [0.29, 0.717) is 47.5 Å². The van der Waals surface area contributed by atoms with Gasteiger partial charge in [-0.1, -0.05) is 17.7 Å². The van der Waals surface area contributed by atoms with Gasteiger partial charge in [-0.25, -0.2) is 0 Å². The molecule has 3 rings (SSSR count). The monoisotopic (exact) mass is 460 g/mol. The standard InChI is InChI=1S/C24H29ClN2O5/c1-6-26(2)24(29)19-14-27(23(28)15-8-7-9-17(25)10-15)13-18(19)16-11-20(30-3)22(32-5)21(12-16)31-4/h7-12,18-19H,6,13-14H2,1-5H3. The van der Waals surface area contributed by atoms with E-state index in [2.05, 4.69) is 0 Å². The average molecular weight is 461 g/mol. The summed E-state index contributed by atoms with van der Waals surface area (Å²) in [5.74, 6) is 0.719. The van der Waals surface area contributed by atoms with E-state index in [0.717, 1.165) is 5.56 Å². The van der Waals surface area contributed by atoms with Crippen molar-refractivity contribution in [1.29, 1.82) is 0 Å². The molecule has 8 heteroatoms. The second kappa shape index (κ2) is 10.1. The van der Waals surface area contributed by atoms with Crippen LogP contribution in [0.25, 0.3) is 0 Å². The summed E-state index contributed by atoms with van der Waals surface area (Å²) < 4.78 is 16.4. The van der Waals surface area contributed by atoms with E-state index in [1.165, 1.54) is 0 Å². The van der Waals surface area contributed by atoms with Gasteiger partial charge in [-0.2, -0.15) is 0 Å². The van der Waals surface area contributed by atoms with E-state index >= 15 is 0 Å². The molecule has 2 aromatic rings. The lowest BCUT2D eigenvalue weighted by atomic mass is 9.87. The summed E-state index contributed by atoms with van der Waals surface area (Å²) in [4.78, 5) is 29.8. The first-order valence-corrected chi connectivity index (χ1v) is 10.8. The summed E-state index contributed by atoms with van der Waals surface area (Å²) in [7, 11) is 6.43. The van der Waals surface area contributed by atoms with Crippen molar-refractivity contribution in [1.82, 2.24) is 9.80 Å². The maximum Gasteiger partial charge on any atom is 0.253 e. The Balaban J connectivity index is 2.01. The highest BCUT2D eigenvalue weighted by Gasteiger charge is 2.42. The van der Waals surface area contributed by atoms with Crippen LogP contribution in [0.4, 0.5) is 0 Å². The first kappa shape index (κ1) is 23.7. The van der Waals surface area contributed by atoms with Crippen LogP contribution in [-0.4, -0.2) is 69.6 Å². The van der Waals surface area contributed by atoms with Gasteiger partial charge in [0.2, 0.25) is 11.7 Å². The number of likely N-dealkylation sites (tertiary alicyclic amines) is 1. The molecule has 2 unspecified atom stereocenters. The number of methoxy groups -OCH3 is 3. The van der Waals surface area contributed by atoms with Crippen LogP contribution in [0.1, 0.15) is 28.8 Å². The predicted molar refractivity (Wildman–Crippen MR) is 123 cm³/mol. The third kappa shape index (κ3) is 4.63. The quantitative estimate of drug-likeness (QED) is 0.630. The van der Waals surface area contributed by atoms with Gasteiger partial charge in [-0.3, -0.25) is 9.59 Å². The van der Waals surface area contributed by atoms with Crippen LogP contribution in [0, 0.1) is 5.92 Å². The van der Waals surface area contributed by atoms with Crippen LogP contribution >= 0.6 is 11.6 Å². The number of ether oxygens (including phenoxy) is 3. The number of amides is 2. The Morgan fingerprint density at radius 3 is 2.25 bits per heavy atom. The van der Waals surface area contributed by atoms with Crippen molar-refractivity contribution < 1.29 is 23.8 Å². The smallest absolute Gasteiger partial charge is 0.253 e. The number of carbonyl (C=O) groups excluding carboxylic acids is 2. The van der Waals surface area contributed by atoms with Crippen LogP contribution in [0.3, 0.4) is 0 Å². The largest absolute Gasteiger partial charge is 0.493 e. The minimum Gasteiger partial charge on any atom is -0.493 e. The lowest BCUT2D eigenvalue weighted by molar-refractivity contribution is -0.133. The number of rotatable bonds is 7. The Hall–Kier alpha value is -2.93. The Morgan fingerprint density at radius 1 is 1.06 bits per heavy atom. The Kier molecular flexibility index (Phi) is 7.51. The zero-order valence-electron chi connectivity index (χ0n) is 19.1. The highest BCUT2D eigenvalue weighted by molar-refractivity contribution is 6.30. The average Bonchev–Trinajstić information content (AvgIpc) is 3.26. The molecule has 1 aliphatic rings. The van der Waals surface area contributed by atoms with Crippen LogP contribution in [-0.2, 0) is 4.79 Å². The zero-order valence-corrected chi connectivity index (χ0v) is 19.8. The van der Waals surface area contributed by atoms with E-state index in [4.69, 9.17) is 25.8 Å². The minimum absolute atomic E-state index is 0.00681. The fourth-order valence-electron chi connectivity index (χ4n) is 4.12. The normalized spacial score (nSPS) is 17.8. The van der Waals surface area contributed by atoms with Crippen molar-refractivity contribution in [3.8, 4) is 17.2 Å². The minimum atomic E-state index is -0.397. The second-order valence-corrected chi connectivity index (χ2v) is 8.18.